The van der Waals surface area contributed by atoms with Crippen LogP contribution in [0.1, 0.15) is 34.6 Å². The van der Waals surface area contributed by atoms with Gasteiger partial charge in [-0.15, -0.1) is 0 Å². The van der Waals surface area contributed by atoms with Gasteiger partial charge in [0.05, 0.1) is 0 Å². The van der Waals surface area contributed by atoms with Crippen LogP contribution in [0, 0.1) is 0 Å². The zero-order valence-corrected chi connectivity index (χ0v) is 12.9. The zero-order valence-electron chi connectivity index (χ0n) is 12.9. The first kappa shape index (κ1) is 16.3. The molecule has 0 fully saturated rings. The highest BCUT2D eigenvalue weighted by atomic mass is 16.6. The van der Waals surface area contributed by atoms with Crippen LogP contribution in [0.5, 0.6) is 0 Å². The van der Waals surface area contributed by atoms with Gasteiger partial charge in [0.15, 0.2) is 0 Å². The Morgan fingerprint density at radius 3 is 2.50 bits per heavy atom. The minimum absolute atomic E-state index is 0.199. The molecule has 0 saturated carbocycles. The maximum atomic E-state index is 11.8. The van der Waals surface area contributed by atoms with Crippen LogP contribution in [0.15, 0.2) is 30.5 Å². The van der Waals surface area contributed by atoms with Gasteiger partial charge >= 0.3 is 5.97 Å². The topological polar surface area (TPSA) is 31.2 Å². The van der Waals surface area contributed by atoms with Gasteiger partial charge in [-0.3, -0.25) is 4.79 Å². The van der Waals surface area contributed by atoms with E-state index in [0.29, 0.717) is 5.46 Å². The molecule has 0 saturated heterocycles. The van der Waals surface area contributed by atoms with Crippen LogP contribution >= 0.6 is 0 Å². The first-order valence-electron chi connectivity index (χ1n) is 6.91. The molecule has 0 N–H and O–H groups in total. The van der Waals surface area contributed by atoms with Gasteiger partial charge in [-0.25, -0.2) is 0 Å². The van der Waals surface area contributed by atoms with E-state index in [0.717, 1.165) is 10.9 Å². The molecule has 1 heterocycles. The van der Waals surface area contributed by atoms with Crippen molar-refractivity contribution < 1.29 is 9.53 Å². The molecule has 2 rings (SSSR count). The molecule has 1 aromatic heterocycles. The first-order valence-corrected chi connectivity index (χ1v) is 6.91. The maximum Gasteiger partial charge on any atom is 0.326 e. The van der Waals surface area contributed by atoms with Crippen molar-refractivity contribution in [3.8, 4) is 0 Å². The number of hydrogen-bond acceptors (Lipinski definition) is 2. The monoisotopic (exact) mass is 271 g/mol. The van der Waals surface area contributed by atoms with Gasteiger partial charge < -0.3 is 9.30 Å². The second-order valence-corrected chi connectivity index (χ2v) is 5.35. The van der Waals surface area contributed by atoms with E-state index >= 15 is 0 Å². The third-order valence-electron chi connectivity index (χ3n) is 2.52. The summed E-state index contributed by atoms with van der Waals surface area (Å²) in [5.74, 6) is -0.248. The number of rotatable bonds is 2. The van der Waals surface area contributed by atoms with Crippen molar-refractivity contribution in [1.82, 2.24) is 4.57 Å². The zero-order chi connectivity index (χ0) is 15.3. The largest absolute Gasteiger partial charge is 0.459 e. The number of nitrogens with zero attached hydrogens (tertiary/aromatic N) is 1. The van der Waals surface area contributed by atoms with Crippen LogP contribution < -0.4 is 5.46 Å². The fourth-order valence-electron chi connectivity index (χ4n) is 1.85. The minimum atomic E-state index is -0.459. The number of aromatic nitrogens is 1. The number of hydrogen-bond donors (Lipinski definition) is 0. The van der Waals surface area contributed by atoms with E-state index in [1.165, 1.54) is 0 Å². The van der Waals surface area contributed by atoms with Gasteiger partial charge in [-0.05, 0) is 38.3 Å². The summed E-state index contributed by atoms with van der Waals surface area (Å²) in [6.07, 6.45) is 1.87. The number of benzene rings is 1. The van der Waals surface area contributed by atoms with Crippen molar-refractivity contribution in [1.29, 1.82) is 0 Å². The number of ether oxygens (including phenoxy) is 1. The van der Waals surface area contributed by atoms with Gasteiger partial charge in [0.1, 0.15) is 20.0 Å². The van der Waals surface area contributed by atoms with Crippen LogP contribution in [0.25, 0.3) is 10.9 Å². The molecule has 0 atom stereocenters. The summed E-state index contributed by atoms with van der Waals surface area (Å²) >= 11 is 0. The lowest BCUT2D eigenvalue weighted by Gasteiger charge is -2.19. The van der Waals surface area contributed by atoms with Crippen molar-refractivity contribution >= 4 is 30.2 Å². The predicted molar refractivity (Wildman–Crippen MR) is 84.5 cm³/mol. The Morgan fingerprint density at radius 2 is 1.90 bits per heavy atom. The predicted octanol–water partition coefficient (Wildman–Crippen LogP) is 2.80. The summed E-state index contributed by atoms with van der Waals surface area (Å²) in [6.45, 7) is 9.77. The molecular weight excluding hydrogens is 249 g/mol. The molecule has 1 aromatic carbocycles. The standard InChI is InChI=1S/C14H16BNO2.C2H6/c1-14(2,3)18-13(17)9-16-7-6-10-4-5-11(15)8-12(10)16;1-2/h4-8H,9H2,1-3H3;1-2H3. The average molecular weight is 271 g/mol. The highest BCUT2D eigenvalue weighted by Gasteiger charge is 2.16. The van der Waals surface area contributed by atoms with Crippen LogP contribution in [0.2, 0.25) is 0 Å². The lowest BCUT2D eigenvalue weighted by atomic mass is 9.95. The molecule has 0 unspecified atom stereocenters. The molecule has 0 amide bonds. The van der Waals surface area contributed by atoms with Crippen molar-refractivity contribution in [2.45, 2.75) is 46.8 Å². The van der Waals surface area contributed by atoms with Crippen molar-refractivity contribution in [2.75, 3.05) is 0 Å². The summed E-state index contributed by atoms with van der Waals surface area (Å²) in [5, 5.41) is 1.06. The fourth-order valence-corrected chi connectivity index (χ4v) is 1.85. The van der Waals surface area contributed by atoms with Gasteiger partial charge in [-0.2, -0.15) is 0 Å². The Kier molecular flexibility index (Phi) is 5.43. The first-order chi connectivity index (χ1) is 9.35. The summed E-state index contributed by atoms with van der Waals surface area (Å²) in [5.41, 5.74) is 1.17. The van der Waals surface area contributed by atoms with E-state index in [4.69, 9.17) is 12.6 Å². The SMILES string of the molecule is CC.[B]c1ccc2ccn(CC(=O)OC(C)(C)C)c2c1. The summed E-state index contributed by atoms with van der Waals surface area (Å²) in [7, 11) is 5.76. The Morgan fingerprint density at radius 1 is 1.25 bits per heavy atom. The van der Waals surface area contributed by atoms with Gasteiger partial charge in [0.25, 0.3) is 0 Å². The van der Waals surface area contributed by atoms with E-state index < -0.39 is 5.60 Å². The third kappa shape index (κ3) is 4.44. The van der Waals surface area contributed by atoms with Crippen molar-refractivity contribution in [3.63, 3.8) is 0 Å². The van der Waals surface area contributed by atoms with Crippen molar-refractivity contribution in [3.05, 3.63) is 30.5 Å². The Hall–Kier alpha value is -1.71. The Bertz CT molecular complexity index is 582. The minimum Gasteiger partial charge on any atom is -0.459 e. The Balaban J connectivity index is 0.000000956. The molecule has 0 bridgehead atoms. The number of esters is 1. The molecule has 0 aliphatic rings. The molecule has 0 spiro atoms. The van der Waals surface area contributed by atoms with E-state index in [1.54, 1.807) is 0 Å². The van der Waals surface area contributed by atoms with Gasteiger partial charge in [-0.1, -0.05) is 31.4 Å². The molecule has 2 aromatic rings. The van der Waals surface area contributed by atoms with E-state index in [2.05, 4.69) is 0 Å². The molecule has 20 heavy (non-hydrogen) atoms. The van der Waals surface area contributed by atoms with Crippen LogP contribution in [-0.2, 0) is 16.1 Å². The molecule has 4 heteroatoms. The second-order valence-electron chi connectivity index (χ2n) is 5.35. The third-order valence-corrected chi connectivity index (χ3v) is 2.52. The number of carbonyl (C=O) groups excluding carboxylic acids is 1. The smallest absolute Gasteiger partial charge is 0.326 e. The number of carbonyl (C=O) groups is 1. The van der Waals surface area contributed by atoms with Crippen LogP contribution in [0.4, 0.5) is 0 Å². The molecule has 2 radical (unpaired) electrons. The highest BCUT2D eigenvalue weighted by Crippen LogP contribution is 2.15. The van der Waals surface area contributed by atoms with E-state index in [9.17, 15) is 4.79 Å². The second kappa shape index (κ2) is 6.64. The van der Waals surface area contributed by atoms with Gasteiger partial charge in [0, 0.05) is 11.7 Å². The fraction of sp³-hybridized carbons (Fsp3) is 0.438. The van der Waals surface area contributed by atoms with Crippen LogP contribution in [-0.4, -0.2) is 24.0 Å². The van der Waals surface area contributed by atoms with Crippen LogP contribution in [0.3, 0.4) is 0 Å². The highest BCUT2D eigenvalue weighted by molar-refractivity contribution is 6.33. The molecule has 0 aliphatic carbocycles. The summed E-state index contributed by atoms with van der Waals surface area (Å²) in [6, 6.07) is 7.61. The molecule has 0 aliphatic heterocycles. The lowest BCUT2D eigenvalue weighted by Crippen LogP contribution is -2.26. The number of fused-ring (bicyclic) bond motifs is 1. The van der Waals surface area contributed by atoms with E-state index in [1.807, 2.05) is 69.6 Å². The van der Waals surface area contributed by atoms with Gasteiger partial charge in [0.2, 0.25) is 0 Å². The lowest BCUT2D eigenvalue weighted by molar-refractivity contribution is -0.155. The maximum absolute atomic E-state index is 11.8. The summed E-state index contributed by atoms with van der Waals surface area (Å²) in [4.78, 5) is 11.8. The molecular formula is C16H22BNO2. The molecule has 3 nitrogen and oxygen atoms in total. The Labute approximate surface area is 122 Å². The average Bonchev–Trinajstić information content (AvgIpc) is 2.72. The molecule has 106 valence electrons. The quantitative estimate of drug-likeness (QED) is 0.621. The van der Waals surface area contributed by atoms with E-state index in [-0.39, 0.29) is 12.5 Å². The normalized spacial score (nSPS) is 10.8. The summed E-state index contributed by atoms with van der Waals surface area (Å²) < 4.78 is 7.15. The van der Waals surface area contributed by atoms with Crippen molar-refractivity contribution in [2.24, 2.45) is 0 Å².